The summed E-state index contributed by atoms with van der Waals surface area (Å²) in [5, 5.41) is 11.2. The number of likely N-dealkylation sites (N-methyl/N-ethyl adjacent to an activating group) is 1. The van der Waals surface area contributed by atoms with Crippen molar-refractivity contribution >= 4 is 23.2 Å². The van der Waals surface area contributed by atoms with Crippen LogP contribution in [0, 0.1) is 0 Å². The molecule has 0 saturated carbocycles. The first-order chi connectivity index (χ1) is 7.28. The maximum atomic E-state index is 10.3. The van der Waals surface area contributed by atoms with Crippen LogP contribution < -0.4 is 0 Å². The van der Waals surface area contributed by atoms with E-state index in [1.165, 1.54) is 0 Å². The minimum atomic E-state index is -0.686. The third-order valence-corrected chi connectivity index (χ3v) is 3.93. The van der Waals surface area contributed by atoms with E-state index in [-0.39, 0.29) is 0 Å². The van der Waals surface area contributed by atoms with Gasteiger partial charge in [-0.25, -0.2) is 0 Å². The van der Waals surface area contributed by atoms with Gasteiger partial charge in [-0.1, -0.05) is 35.3 Å². The molecule has 0 heterocycles. The quantitative estimate of drug-likeness (QED) is 0.902. The summed E-state index contributed by atoms with van der Waals surface area (Å²) in [4.78, 5) is 1.95. The highest BCUT2D eigenvalue weighted by molar-refractivity contribution is 6.42. The number of hydrogen-bond acceptors (Lipinski definition) is 2. The molecule has 1 aromatic carbocycles. The number of nitrogens with zero attached hydrogens (tertiary/aromatic N) is 1. The van der Waals surface area contributed by atoms with Crippen molar-refractivity contribution in [3.63, 3.8) is 0 Å². The zero-order chi connectivity index (χ0) is 12.5. The Hall–Kier alpha value is -0.280. The molecule has 0 saturated heterocycles. The number of hydrogen-bond donors (Lipinski definition) is 1. The molecule has 16 heavy (non-hydrogen) atoms. The molecule has 0 bridgehead atoms. The fraction of sp³-hybridized carbons (Fsp3) is 0.500. The van der Waals surface area contributed by atoms with E-state index in [9.17, 15) is 5.11 Å². The lowest BCUT2D eigenvalue weighted by Gasteiger charge is -2.37. The zero-order valence-corrected chi connectivity index (χ0v) is 11.5. The SMILES string of the molecule is CN(C)C(C)(C)C(O)c1cccc(Cl)c1Cl. The summed E-state index contributed by atoms with van der Waals surface area (Å²) in [7, 11) is 3.84. The summed E-state index contributed by atoms with van der Waals surface area (Å²) in [6, 6.07) is 5.30. The second kappa shape index (κ2) is 4.92. The average molecular weight is 262 g/mol. The maximum absolute atomic E-state index is 10.3. The standard InChI is InChI=1S/C12H17Cl2NO/c1-12(2,15(3)4)11(16)8-6-5-7-9(13)10(8)14/h5-7,11,16H,1-4H3. The lowest BCUT2D eigenvalue weighted by Crippen LogP contribution is -2.43. The third kappa shape index (κ3) is 2.51. The molecule has 1 unspecified atom stereocenters. The Balaban J connectivity index is 3.15. The van der Waals surface area contributed by atoms with Gasteiger partial charge < -0.3 is 10.0 Å². The van der Waals surface area contributed by atoms with Gasteiger partial charge in [0.2, 0.25) is 0 Å². The van der Waals surface area contributed by atoms with Crippen LogP contribution in [0.5, 0.6) is 0 Å². The molecule has 90 valence electrons. The highest BCUT2D eigenvalue weighted by atomic mass is 35.5. The van der Waals surface area contributed by atoms with E-state index in [2.05, 4.69) is 0 Å². The molecule has 4 heteroatoms. The predicted octanol–water partition coefficient (Wildman–Crippen LogP) is 3.37. The Bertz CT molecular complexity index is 377. The van der Waals surface area contributed by atoms with E-state index >= 15 is 0 Å². The van der Waals surface area contributed by atoms with Crippen molar-refractivity contribution in [1.82, 2.24) is 4.90 Å². The van der Waals surface area contributed by atoms with Gasteiger partial charge in [0.1, 0.15) is 0 Å². The average Bonchev–Trinajstić information content (AvgIpc) is 2.21. The van der Waals surface area contributed by atoms with Crippen molar-refractivity contribution in [2.75, 3.05) is 14.1 Å². The van der Waals surface area contributed by atoms with Crippen molar-refractivity contribution < 1.29 is 5.11 Å². The van der Waals surface area contributed by atoms with Crippen LogP contribution in [0.25, 0.3) is 0 Å². The topological polar surface area (TPSA) is 23.5 Å². The number of halogens is 2. The maximum Gasteiger partial charge on any atom is 0.0982 e. The van der Waals surface area contributed by atoms with Gasteiger partial charge >= 0.3 is 0 Å². The second-order valence-corrected chi connectivity index (χ2v) is 5.38. The van der Waals surface area contributed by atoms with Crippen LogP contribution in [0.15, 0.2) is 18.2 Å². The minimum Gasteiger partial charge on any atom is -0.386 e. The van der Waals surface area contributed by atoms with Gasteiger partial charge in [0.15, 0.2) is 0 Å². The Morgan fingerprint density at radius 2 is 1.81 bits per heavy atom. The van der Waals surface area contributed by atoms with Crippen LogP contribution in [-0.4, -0.2) is 29.6 Å². The molecule has 0 amide bonds. The van der Waals surface area contributed by atoms with Gasteiger partial charge in [-0.2, -0.15) is 0 Å². The summed E-state index contributed by atoms with van der Waals surface area (Å²) >= 11 is 12.0. The van der Waals surface area contributed by atoms with Gasteiger partial charge in [-0.05, 0) is 34.0 Å². The van der Waals surface area contributed by atoms with E-state index in [0.717, 1.165) is 0 Å². The molecule has 0 fully saturated rings. The first-order valence-electron chi connectivity index (χ1n) is 5.08. The van der Waals surface area contributed by atoms with E-state index < -0.39 is 11.6 Å². The molecule has 1 rings (SSSR count). The third-order valence-electron chi connectivity index (χ3n) is 3.10. The van der Waals surface area contributed by atoms with Crippen molar-refractivity contribution in [3.05, 3.63) is 33.8 Å². The van der Waals surface area contributed by atoms with E-state index in [1.807, 2.05) is 32.8 Å². The predicted molar refractivity (Wildman–Crippen MR) is 69.2 cm³/mol. The minimum absolute atomic E-state index is 0.408. The van der Waals surface area contributed by atoms with Crippen LogP contribution in [0.1, 0.15) is 25.5 Å². The number of benzene rings is 1. The van der Waals surface area contributed by atoms with Crippen molar-refractivity contribution in [2.24, 2.45) is 0 Å². The Morgan fingerprint density at radius 1 is 1.25 bits per heavy atom. The van der Waals surface area contributed by atoms with Crippen LogP contribution >= 0.6 is 23.2 Å². The lowest BCUT2D eigenvalue weighted by atomic mass is 9.90. The van der Waals surface area contributed by atoms with Gasteiger partial charge in [0.25, 0.3) is 0 Å². The summed E-state index contributed by atoms with van der Waals surface area (Å²) in [5.41, 5.74) is 0.252. The normalized spacial score (nSPS) is 14.2. The molecule has 1 atom stereocenters. The van der Waals surface area contributed by atoms with Crippen LogP contribution in [-0.2, 0) is 0 Å². The second-order valence-electron chi connectivity index (χ2n) is 4.59. The monoisotopic (exact) mass is 261 g/mol. The highest BCUT2D eigenvalue weighted by Gasteiger charge is 2.32. The first kappa shape index (κ1) is 13.8. The Kier molecular flexibility index (Phi) is 4.24. The van der Waals surface area contributed by atoms with Gasteiger partial charge in [-0.15, -0.1) is 0 Å². The van der Waals surface area contributed by atoms with E-state index in [4.69, 9.17) is 23.2 Å². The molecule has 2 nitrogen and oxygen atoms in total. The van der Waals surface area contributed by atoms with Crippen LogP contribution in [0.3, 0.4) is 0 Å². The number of aliphatic hydroxyl groups excluding tert-OH is 1. The number of aliphatic hydroxyl groups is 1. The molecule has 1 N–H and O–H groups in total. The summed E-state index contributed by atoms with van der Waals surface area (Å²) in [6.07, 6.45) is -0.686. The van der Waals surface area contributed by atoms with Crippen molar-refractivity contribution in [2.45, 2.75) is 25.5 Å². The Labute approximate surface area is 107 Å². The molecule has 0 aliphatic heterocycles. The lowest BCUT2D eigenvalue weighted by molar-refractivity contribution is 0.0165. The molecular formula is C12H17Cl2NO. The first-order valence-corrected chi connectivity index (χ1v) is 5.83. The zero-order valence-electron chi connectivity index (χ0n) is 9.96. The molecule has 1 aromatic rings. The molecule has 0 aliphatic rings. The molecular weight excluding hydrogens is 245 g/mol. The van der Waals surface area contributed by atoms with E-state index in [1.54, 1.807) is 18.2 Å². The smallest absolute Gasteiger partial charge is 0.0982 e. The molecule has 0 aromatic heterocycles. The van der Waals surface area contributed by atoms with Crippen molar-refractivity contribution in [1.29, 1.82) is 0 Å². The number of rotatable bonds is 3. The van der Waals surface area contributed by atoms with E-state index in [0.29, 0.717) is 15.6 Å². The fourth-order valence-corrected chi connectivity index (χ4v) is 1.77. The van der Waals surface area contributed by atoms with Gasteiger partial charge in [-0.3, -0.25) is 0 Å². The van der Waals surface area contributed by atoms with Gasteiger partial charge in [0.05, 0.1) is 16.1 Å². The van der Waals surface area contributed by atoms with Crippen LogP contribution in [0.4, 0.5) is 0 Å². The van der Waals surface area contributed by atoms with Crippen molar-refractivity contribution in [3.8, 4) is 0 Å². The summed E-state index contributed by atoms with van der Waals surface area (Å²) in [6.45, 7) is 3.91. The largest absolute Gasteiger partial charge is 0.386 e. The summed E-state index contributed by atoms with van der Waals surface area (Å²) < 4.78 is 0. The van der Waals surface area contributed by atoms with Gasteiger partial charge in [0, 0.05) is 11.1 Å². The highest BCUT2D eigenvalue weighted by Crippen LogP contribution is 2.36. The fourth-order valence-electron chi connectivity index (χ4n) is 1.36. The molecule has 0 radical (unpaired) electrons. The van der Waals surface area contributed by atoms with Crippen LogP contribution in [0.2, 0.25) is 10.0 Å². The molecule has 0 aliphatic carbocycles. The molecule has 0 spiro atoms. The summed E-state index contributed by atoms with van der Waals surface area (Å²) in [5.74, 6) is 0. The Morgan fingerprint density at radius 3 is 2.31 bits per heavy atom.